The van der Waals surface area contributed by atoms with Crippen LogP contribution in [0.15, 0.2) is 83.9 Å². The summed E-state index contributed by atoms with van der Waals surface area (Å²) in [5.74, 6) is 0.231. The molecule has 280 valence electrons. The number of carbonyl (C=O) groups excluding carboxylic acids is 3. The van der Waals surface area contributed by atoms with E-state index in [1.54, 1.807) is 114 Å². The second-order valence-electron chi connectivity index (χ2n) is 13.3. The summed E-state index contributed by atoms with van der Waals surface area (Å²) < 4.78 is 32.5. The fourth-order valence-electron chi connectivity index (χ4n) is 4.81. The summed E-state index contributed by atoms with van der Waals surface area (Å²) in [6.07, 6.45) is 1.52. The number of nitrogens with zero attached hydrogens (tertiary/aromatic N) is 4. The smallest absolute Gasteiger partial charge is 0.428 e. The van der Waals surface area contributed by atoms with E-state index in [-0.39, 0.29) is 41.4 Å². The number of aromatic nitrogens is 3. The second-order valence-corrected chi connectivity index (χ2v) is 13.7. The SMILES string of the molecule is COCN(C(=O)c1cccnc1Cl)c1ccc(OC(=O)OC(C)(C)C)cc1.COCn1c(=O)c2cccnc2c2cc(OC(=O)OC(C)(C)C)ccc21. The molecule has 0 bridgehead atoms. The van der Waals surface area contributed by atoms with Crippen molar-refractivity contribution in [3.8, 4) is 11.5 Å². The van der Waals surface area contributed by atoms with Gasteiger partial charge in [-0.3, -0.25) is 24.0 Å². The number of methoxy groups -OCH3 is 2. The quantitative estimate of drug-likeness (QED) is 0.0500. The van der Waals surface area contributed by atoms with Gasteiger partial charge in [0.1, 0.15) is 41.3 Å². The van der Waals surface area contributed by atoms with Crippen molar-refractivity contribution in [3.63, 3.8) is 0 Å². The minimum atomic E-state index is -0.804. The summed E-state index contributed by atoms with van der Waals surface area (Å²) in [5.41, 5.74) is 0.476. The first-order chi connectivity index (χ1) is 25.0. The molecule has 0 aliphatic heterocycles. The van der Waals surface area contributed by atoms with Gasteiger partial charge in [0, 0.05) is 37.7 Å². The number of benzene rings is 2. The summed E-state index contributed by atoms with van der Waals surface area (Å²) in [7, 11) is 3.00. The monoisotopic (exact) mass is 748 g/mol. The molecule has 0 aliphatic carbocycles. The lowest BCUT2D eigenvalue weighted by atomic mass is 10.1. The molecule has 14 nitrogen and oxygen atoms in total. The van der Waals surface area contributed by atoms with Crippen LogP contribution in [0, 0.1) is 0 Å². The molecule has 0 atom stereocenters. The fourth-order valence-corrected chi connectivity index (χ4v) is 5.01. The van der Waals surface area contributed by atoms with Crippen molar-refractivity contribution in [1.82, 2.24) is 14.5 Å². The maximum Gasteiger partial charge on any atom is 0.514 e. The highest BCUT2D eigenvalue weighted by atomic mass is 35.5. The Morgan fingerprint density at radius 2 is 1.34 bits per heavy atom. The van der Waals surface area contributed by atoms with E-state index >= 15 is 0 Å². The number of carbonyl (C=O) groups is 3. The molecule has 0 aliphatic rings. The molecule has 0 radical (unpaired) electrons. The molecule has 53 heavy (non-hydrogen) atoms. The highest BCUT2D eigenvalue weighted by Crippen LogP contribution is 2.27. The predicted molar refractivity (Wildman–Crippen MR) is 199 cm³/mol. The third kappa shape index (κ3) is 11.0. The van der Waals surface area contributed by atoms with Gasteiger partial charge < -0.3 is 28.4 Å². The maximum atomic E-state index is 12.8. The van der Waals surface area contributed by atoms with E-state index < -0.39 is 23.5 Å². The van der Waals surface area contributed by atoms with Gasteiger partial charge in [0.25, 0.3) is 11.5 Å². The number of amides is 1. The zero-order valence-electron chi connectivity index (χ0n) is 30.7. The average Bonchev–Trinajstić information content (AvgIpc) is 3.08. The average molecular weight is 749 g/mol. The van der Waals surface area contributed by atoms with Gasteiger partial charge in [-0.1, -0.05) is 11.6 Å². The van der Waals surface area contributed by atoms with Crippen LogP contribution in [-0.2, 0) is 25.7 Å². The topological polar surface area (TPSA) is 158 Å². The Kier molecular flexibility index (Phi) is 13.1. The van der Waals surface area contributed by atoms with Crippen LogP contribution in [0.3, 0.4) is 0 Å². The minimum absolute atomic E-state index is 0.0102. The van der Waals surface area contributed by atoms with E-state index in [1.807, 2.05) is 0 Å². The van der Waals surface area contributed by atoms with Gasteiger partial charge in [0.05, 0.1) is 22.0 Å². The van der Waals surface area contributed by atoms with Crippen molar-refractivity contribution in [3.05, 3.63) is 100 Å². The number of fused-ring (bicyclic) bond motifs is 3. The number of ether oxygens (including phenoxy) is 6. The lowest BCUT2D eigenvalue weighted by Crippen LogP contribution is -2.33. The van der Waals surface area contributed by atoms with Crippen LogP contribution in [0.1, 0.15) is 51.9 Å². The summed E-state index contributed by atoms with van der Waals surface area (Å²) in [4.78, 5) is 58.8. The maximum absolute atomic E-state index is 12.8. The van der Waals surface area contributed by atoms with Gasteiger partial charge in [-0.2, -0.15) is 0 Å². The summed E-state index contributed by atoms with van der Waals surface area (Å²) in [6.45, 7) is 10.6. The minimum Gasteiger partial charge on any atom is -0.428 e. The van der Waals surface area contributed by atoms with E-state index in [1.165, 1.54) is 29.9 Å². The molecule has 0 saturated heterocycles. The molecule has 5 rings (SSSR count). The van der Waals surface area contributed by atoms with Crippen molar-refractivity contribution in [2.45, 2.75) is 59.5 Å². The van der Waals surface area contributed by atoms with Crippen LogP contribution in [0.4, 0.5) is 15.3 Å². The van der Waals surface area contributed by atoms with Crippen molar-refractivity contribution in [1.29, 1.82) is 0 Å². The van der Waals surface area contributed by atoms with Crippen molar-refractivity contribution >= 4 is 57.3 Å². The number of hydrogen-bond donors (Lipinski definition) is 0. The summed E-state index contributed by atoms with van der Waals surface area (Å²) in [6, 6.07) is 18.0. The summed E-state index contributed by atoms with van der Waals surface area (Å²) >= 11 is 6.02. The zero-order valence-corrected chi connectivity index (χ0v) is 31.4. The first-order valence-electron chi connectivity index (χ1n) is 16.2. The van der Waals surface area contributed by atoms with E-state index in [2.05, 4.69) is 9.97 Å². The van der Waals surface area contributed by atoms with Crippen molar-refractivity contribution in [2.75, 3.05) is 25.9 Å². The molecule has 0 N–H and O–H groups in total. The Hall–Kier alpha value is -5.57. The molecule has 15 heteroatoms. The van der Waals surface area contributed by atoms with Crippen LogP contribution < -0.4 is 19.9 Å². The van der Waals surface area contributed by atoms with Crippen LogP contribution in [-0.4, -0.2) is 64.9 Å². The molecule has 1 amide bonds. The number of hydrogen-bond acceptors (Lipinski definition) is 12. The van der Waals surface area contributed by atoms with E-state index in [0.717, 1.165) is 0 Å². The number of anilines is 1. The van der Waals surface area contributed by atoms with Crippen molar-refractivity contribution in [2.24, 2.45) is 0 Å². The lowest BCUT2D eigenvalue weighted by Gasteiger charge is -2.22. The lowest BCUT2D eigenvalue weighted by molar-refractivity contribution is 0.0193. The van der Waals surface area contributed by atoms with E-state index in [9.17, 15) is 19.2 Å². The molecule has 2 aromatic carbocycles. The highest BCUT2D eigenvalue weighted by molar-refractivity contribution is 6.33. The molecule has 0 unspecified atom stereocenters. The van der Waals surface area contributed by atoms with Gasteiger partial charge in [0.15, 0.2) is 0 Å². The van der Waals surface area contributed by atoms with Crippen LogP contribution in [0.5, 0.6) is 11.5 Å². The molecular formula is C38H41ClN4O10. The summed E-state index contributed by atoms with van der Waals surface area (Å²) in [5, 5.41) is 1.25. The Balaban J connectivity index is 0.000000237. The van der Waals surface area contributed by atoms with Crippen LogP contribution in [0.25, 0.3) is 21.8 Å². The first-order valence-corrected chi connectivity index (χ1v) is 16.6. The third-order valence-corrected chi connectivity index (χ3v) is 7.18. The van der Waals surface area contributed by atoms with E-state index in [0.29, 0.717) is 33.2 Å². The Morgan fingerprint density at radius 1 is 0.755 bits per heavy atom. The Morgan fingerprint density at radius 3 is 1.92 bits per heavy atom. The zero-order chi connectivity index (χ0) is 38.9. The third-order valence-electron chi connectivity index (χ3n) is 6.88. The van der Waals surface area contributed by atoms with Gasteiger partial charge in [-0.05, 0) is 108 Å². The molecule has 0 fully saturated rings. The number of rotatable bonds is 8. The molecule has 3 heterocycles. The van der Waals surface area contributed by atoms with Crippen LogP contribution in [0.2, 0.25) is 5.15 Å². The standard InChI is InChI=1S/C19H21ClN2O5.C19H20N2O5/c1-19(2,3)27-18(24)26-14-9-7-13(8-10-14)22(12-25-4)17(23)15-6-5-11-21-16(15)20;1-19(2,3)26-18(23)25-12-7-8-15-14(10-12)16-13(6-5-9-20-16)17(22)21(15)11-24-4/h5-11H,12H2,1-4H3;5-10H,11H2,1-4H3. The molecule has 3 aromatic heterocycles. The predicted octanol–water partition coefficient (Wildman–Crippen LogP) is 7.77. The first kappa shape index (κ1) is 40.2. The van der Waals surface area contributed by atoms with Gasteiger partial charge in [-0.15, -0.1) is 0 Å². The van der Waals surface area contributed by atoms with E-state index in [4.69, 9.17) is 40.0 Å². The number of pyridine rings is 3. The fraction of sp³-hybridized carbons (Fsp3) is 0.316. The normalized spacial score (nSPS) is 11.3. The molecular weight excluding hydrogens is 708 g/mol. The van der Waals surface area contributed by atoms with Gasteiger partial charge >= 0.3 is 12.3 Å². The van der Waals surface area contributed by atoms with Crippen molar-refractivity contribution < 1.29 is 42.8 Å². The van der Waals surface area contributed by atoms with Crippen LogP contribution >= 0.6 is 11.6 Å². The molecule has 0 spiro atoms. The van der Waals surface area contributed by atoms with Gasteiger partial charge in [-0.25, -0.2) is 14.6 Å². The second kappa shape index (κ2) is 17.3. The Bertz CT molecular complexity index is 2140. The van der Waals surface area contributed by atoms with Gasteiger partial charge in [0.2, 0.25) is 0 Å². The highest BCUT2D eigenvalue weighted by Gasteiger charge is 2.22. The number of halogens is 1. The molecule has 0 saturated carbocycles. The Labute approximate surface area is 311 Å². The largest absolute Gasteiger partial charge is 0.514 e. The molecule has 5 aromatic rings.